The van der Waals surface area contributed by atoms with Crippen LogP contribution in [0.2, 0.25) is 0 Å². The van der Waals surface area contributed by atoms with Crippen molar-refractivity contribution in [2.75, 3.05) is 13.1 Å². The molecule has 0 spiro atoms. The first-order chi connectivity index (χ1) is 12.7. The molecule has 6 nitrogen and oxygen atoms in total. The van der Waals surface area contributed by atoms with E-state index in [9.17, 15) is 5.11 Å². The number of aliphatic hydroxyl groups excluding tert-OH is 1. The van der Waals surface area contributed by atoms with E-state index in [2.05, 4.69) is 46.9 Å². The van der Waals surface area contributed by atoms with Crippen LogP contribution in [0.3, 0.4) is 0 Å². The fraction of sp³-hybridized carbons (Fsp3) is 0.500. The number of benzene rings is 1. The number of aromatic nitrogens is 2. The third kappa shape index (κ3) is 5.33. The van der Waals surface area contributed by atoms with Gasteiger partial charge in [0.2, 0.25) is 0 Å². The van der Waals surface area contributed by atoms with Crippen LogP contribution in [0, 0.1) is 0 Å². The Labute approximate surface area is 155 Å². The monoisotopic (exact) mass is 355 g/mol. The fourth-order valence-corrected chi connectivity index (χ4v) is 3.27. The molecule has 1 heterocycles. The van der Waals surface area contributed by atoms with E-state index in [4.69, 9.17) is 4.99 Å². The molecule has 0 unspecified atom stereocenters. The highest BCUT2D eigenvalue weighted by Gasteiger charge is 2.19. The largest absolute Gasteiger partial charge is 0.393 e. The maximum absolute atomic E-state index is 9.63. The van der Waals surface area contributed by atoms with Crippen molar-refractivity contribution in [3.8, 4) is 5.69 Å². The van der Waals surface area contributed by atoms with Gasteiger partial charge in [-0.25, -0.2) is 4.68 Å². The summed E-state index contributed by atoms with van der Waals surface area (Å²) in [5, 5.41) is 20.7. The Morgan fingerprint density at radius 1 is 1.23 bits per heavy atom. The van der Waals surface area contributed by atoms with Crippen molar-refractivity contribution >= 4 is 5.96 Å². The van der Waals surface area contributed by atoms with Gasteiger partial charge in [0.05, 0.1) is 11.8 Å². The topological polar surface area (TPSA) is 74.5 Å². The summed E-state index contributed by atoms with van der Waals surface area (Å²) in [5.74, 6) is 0.877. The minimum Gasteiger partial charge on any atom is -0.393 e. The van der Waals surface area contributed by atoms with Crippen LogP contribution in [0.5, 0.6) is 0 Å². The number of hydrogen-bond acceptors (Lipinski definition) is 3. The maximum atomic E-state index is 9.63. The molecule has 1 aliphatic carbocycles. The lowest BCUT2D eigenvalue weighted by Gasteiger charge is -2.27. The molecule has 0 atom stereocenters. The van der Waals surface area contributed by atoms with Crippen molar-refractivity contribution in [1.82, 2.24) is 20.4 Å². The normalized spacial score (nSPS) is 20.8. The summed E-state index contributed by atoms with van der Waals surface area (Å²) < 4.78 is 1.86. The Morgan fingerprint density at radius 3 is 2.65 bits per heavy atom. The minimum absolute atomic E-state index is 0.128. The first kappa shape index (κ1) is 18.5. The second-order valence-electron chi connectivity index (χ2n) is 6.78. The van der Waals surface area contributed by atoms with Crippen molar-refractivity contribution < 1.29 is 5.11 Å². The molecule has 3 rings (SSSR count). The molecular formula is C20H29N5O. The second-order valence-corrected chi connectivity index (χ2v) is 6.78. The summed E-state index contributed by atoms with van der Waals surface area (Å²) in [6.45, 7) is 3.67. The predicted molar refractivity (Wildman–Crippen MR) is 105 cm³/mol. The molecule has 1 aromatic carbocycles. The van der Waals surface area contributed by atoms with Gasteiger partial charge in [-0.05, 0) is 62.8 Å². The molecule has 0 radical (unpaired) electrons. The lowest BCUT2D eigenvalue weighted by atomic mass is 9.93. The van der Waals surface area contributed by atoms with E-state index in [-0.39, 0.29) is 6.10 Å². The van der Waals surface area contributed by atoms with Gasteiger partial charge in [0.25, 0.3) is 0 Å². The lowest BCUT2D eigenvalue weighted by molar-refractivity contribution is 0.120. The van der Waals surface area contributed by atoms with Crippen molar-refractivity contribution in [3.05, 3.63) is 48.3 Å². The predicted octanol–water partition coefficient (Wildman–Crippen LogP) is 2.27. The van der Waals surface area contributed by atoms with Crippen LogP contribution in [0.1, 0.15) is 38.2 Å². The van der Waals surface area contributed by atoms with Gasteiger partial charge >= 0.3 is 0 Å². The number of guanidine groups is 1. The first-order valence-corrected chi connectivity index (χ1v) is 9.56. The Bertz CT molecular complexity index is 673. The van der Waals surface area contributed by atoms with Gasteiger partial charge in [-0.15, -0.1) is 0 Å². The highest BCUT2D eigenvalue weighted by Crippen LogP contribution is 2.18. The molecule has 0 bridgehead atoms. The summed E-state index contributed by atoms with van der Waals surface area (Å²) in [4.78, 5) is 4.71. The van der Waals surface area contributed by atoms with Crippen molar-refractivity contribution in [3.63, 3.8) is 0 Å². The quantitative estimate of drug-likeness (QED) is 0.549. The van der Waals surface area contributed by atoms with Gasteiger partial charge in [0, 0.05) is 31.5 Å². The van der Waals surface area contributed by atoms with E-state index in [1.54, 1.807) is 6.20 Å². The zero-order chi connectivity index (χ0) is 18.2. The number of nitrogens with one attached hydrogen (secondary N) is 2. The highest BCUT2D eigenvalue weighted by molar-refractivity contribution is 5.80. The van der Waals surface area contributed by atoms with E-state index in [0.717, 1.165) is 56.8 Å². The molecule has 140 valence electrons. The van der Waals surface area contributed by atoms with Crippen LogP contribution in [0.25, 0.3) is 5.69 Å². The second kappa shape index (κ2) is 9.38. The minimum atomic E-state index is -0.128. The van der Waals surface area contributed by atoms with Gasteiger partial charge in [-0.2, -0.15) is 5.10 Å². The summed E-state index contributed by atoms with van der Waals surface area (Å²) in [5.41, 5.74) is 2.33. The van der Waals surface area contributed by atoms with E-state index in [1.165, 1.54) is 5.56 Å². The Kier molecular flexibility index (Phi) is 6.66. The molecule has 0 aliphatic heterocycles. The lowest BCUT2D eigenvalue weighted by Crippen LogP contribution is -2.45. The fourth-order valence-electron chi connectivity index (χ4n) is 3.27. The molecule has 3 N–H and O–H groups in total. The standard InChI is InChI=1S/C20H29N5O/c1-2-21-20(24-17-6-10-19(26)11-7-17)22-14-12-16-4-8-18(9-5-16)25-15-3-13-23-25/h3-5,8-9,13,15,17,19,26H,2,6-7,10-12,14H2,1H3,(H2,21,22,24). The van der Waals surface area contributed by atoms with Gasteiger partial charge in [-0.1, -0.05) is 12.1 Å². The molecule has 1 fully saturated rings. The number of rotatable bonds is 6. The molecule has 0 saturated heterocycles. The summed E-state index contributed by atoms with van der Waals surface area (Å²) in [6, 6.07) is 10.8. The van der Waals surface area contributed by atoms with Crippen molar-refractivity contribution in [2.24, 2.45) is 4.99 Å². The van der Waals surface area contributed by atoms with E-state index in [0.29, 0.717) is 6.04 Å². The van der Waals surface area contributed by atoms with E-state index in [1.807, 2.05) is 16.9 Å². The van der Waals surface area contributed by atoms with E-state index < -0.39 is 0 Å². The zero-order valence-electron chi connectivity index (χ0n) is 15.4. The van der Waals surface area contributed by atoms with Crippen molar-refractivity contribution in [2.45, 2.75) is 51.2 Å². The van der Waals surface area contributed by atoms with Crippen LogP contribution < -0.4 is 10.6 Å². The smallest absolute Gasteiger partial charge is 0.191 e. The molecule has 1 aromatic heterocycles. The SMILES string of the molecule is CCNC(=NCCc1ccc(-n2cccn2)cc1)NC1CCC(O)CC1. The number of aliphatic hydroxyl groups is 1. The van der Waals surface area contributed by atoms with Crippen LogP contribution in [-0.2, 0) is 6.42 Å². The molecule has 6 heteroatoms. The Morgan fingerprint density at radius 2 is 2.00 bits per heavy atom. The summed E-state index contributed by atoms with van der Waals surface area (Å²) in [6.07, 6.45) is 8.25. The first-order valence-electron chi connectivity index (χ1n) is 9.56. The van der Waals surface area contributed by atoms with Gasteiger partial charge in [0.15, 0.2) is 5.96 Å². The maximum Gasteiger partial charge on any atom is 0.191 e. The average molecular weight is 355 g/mol. The Balaban J connectivity index is 1.51. The highest BCUT2D eigenvalue weighted by atomic mass is 16.3. The summed E-state index contributed by atoms with van der Waals surface area (Å²) in [7, 11) is 0. The number of nitrogens with zero attached hydrogens (tertiary/aromatic N) is 3. The summed E-state index contributed by atoms with van der Waals surface area (Å²) >= 11 is 0. The zero-order valence-corrected chi connectivity index (χ0v) is 15.4. The molecule has 1 aliphatic rings. The number of hydrogen-bond donors (Lipinski definition) is 3. The third-order valence-corrected chi connectivity index (χ3v) is 4.76. The van der Waals surface area contributed by atoms with Gasteiger partial charge < -0.3 is 15.7 Å². The molecular weight excluding hydrogens is 326 g/mol. The van der Waals surface area contributed by atoms with Gasteiger partial charge in [0.1, 0.15) is 0 Å². The van der Waals surface area contributed by atoms with Crippen LogP contribution in [0.4, 0.5) is 0 Å². The molecule has 0 amide bonds. The molecule has 1 saturated carbocycles. The Hall–Kier alpha value is -2.34. The number of aliphatic imine (C=N–C) groups is 1. The van der Waals surface area contributed by atoms with Crippen LogP contribution in [0.15, 0.2) is 47.7 Å². The van der Waals surface area contributed by atoms with Gasteiger partial charge in [-0.3, -0.25) is 4.99 Å². The van der Waals surface area contributed by atoms with Crippen LogP contribution >= 0.6 is 0 Å². The average Bonchev–Trinajstić information content (AvgIpc) is 3.19. The molecule has 26 heavy (non-hydrogen) atoms. The third-order valence-electron chi connectivity index (χ3n) is 4.76. The molecule has 2 aromatic rings. The van der Waals surface area contributed by atoms with Crippen molar-refractivity contribution in [1.29, 1.82) is 0 Å². The van der Waals surface area contributed by atoms with E-state index >= 15 is 0 Å². The van der Waals surface area contributed by atoms with Crippen LogP contribution in [-0.4, -0.2) is 46.1 Å².